The smallest absolute Gasteiger partial charge is 0.253 e. The molecule has 0 aliphatic rings. The first-order valence-corrected chi connectivity index (χ1v) is 7.80. The van der Waals surface area contributed by atoms with Crippen LogP contribution in [0.1, 0.15) is 26.8 Å². The molecule has 0 aliphatic carbocycles. The molecule has 23 heavy (non-hydrogen) atoms. The van der Waals surface area contributed by atoms with Crippen LogP contribution in [0.3, 0.4) is 0 Å². The van der Waals surface area contributed by atoms with Crippen LogP contribution in [0.25, 0.3) is 0 Å². The normalized spacial score (nSPS) is 11.9. The van der Waals surface area contributed by atoms with Gasteiger partial charge in [0.25, 0.3) is 5.91 Å². The molecular weight excluding hydrogens is 315 g/mol. The van der Waals surface area contributed by atoms with E-state index >= 15 is 0 Å². The molecule has 3 rings (SSSR count). The fourth-order valence-corrected chi connectivity index (χ4v) is 3.00. The highest BCUT2D eigenvalue weighted by Gasteiger charge is 2.19. The zero-order valence-electron chi connectivity index (χ0n) is 12.0. The summed E-state index contributed by atoms with van der Waals surface area (Å²) in [7, 11) is 0. The van der Waals surface area contributed by atoms with Crippen molar-refractivity contribution in [3.8, 4) is 0 Å². The fraction of sp³-hybridized carbons (Fsp3) is 0.0588. The maximum Gasteiger partial charge on any atom is 0.253 e. The van der Waals surface area contributed by atoms with E-state index in [1.807, 2.05) is 17.5 Å². The van der Waals surface area contributed by atoms with E-state index in [1.54, 1.807) is 12.1 Å². The van der Waals surface area contributed by atoms with E-state index in [2.05, 4.69) is 10.3 Å². The lowest BCUT2D eigenvalue weighted by molar-refractivity contribution is 0.0943. The third-order valence-corrected chi connectivity index (χ3v) is 4.29. The second-order valence-corrected chi connectivity index (χ2v) is 5.89. The van der Waals surface area contributed by atoms with Gasteiger partial charge in [0.15, 0.2) is 0 Å². The van der Waals surface area contributed by atoms with Gasteiger partial charge in [0.05, 0.1) is 11.6 Å². The summed E-state index contributed by atoms with van der Waals surface area (Å²) in [5.74, 6) is -0.644. The summed E-state index contributed by atoms with van der Waals surface area (Å²) in [6.07, 6.45) is 1.37. The van der Waals surface area contributed by atoms with Crippen molar-refractivity contribution in [1.29, 1.82) is 0 Å². The molecule has 0 saturated heterocycles. The van der Waals surface area contributed by atoms with Gasteiger partial charge in [0.1, 0.15) is 5.82 Å². The molecule has 1 amide bonds. The Labute approximate surface area is 135 Å². The van der Waals surface area contributed by atoms with Crippen molar-refractivity contribution in [2.75, 3.05) is 0 Å². The number of carbonyl (C=O) groups excluding carboxylic acids is 1. The van der Waals surface area contributed by atoms with Crippen LogP contribution in [0.4, 0.5) is 4.39 Å². The average Bonchev–Trinajstić information content (AvgIpc) is 3.08. The summed E-state index contributed by atoms with van der Waals surface area (Å²) in [6.45, 7) is 0. The van der Waals surface area contributed by atoms with Crippen molar-refractivity contribution >= 4 is 17.2 Å². The van der Waals surface area contributed by atoms with Gasteiger partial charge in [0, 0.05) is 17.1 Å². The topological polar surface area (TPSA) is 62.0 Å². The van der Waals surface area contributed by atoms with Crippen molar-refractivity contribution in [2.24, 2.45) is 0 Å². The third kappa shape index (κ3) is 3.54. The molecule has 0 bridgehead atoms. The van der Waals surface area contributed by atoms with Gasteiger partial charge >= 0.3 is 0 Å². The molecular formula is C17H13FN2O2S. The molecule has 4 nitrogen and oxygen atoms in total. The zero-order valence-corrected chi connectivity index (χ0v) is 12.8. The number of thiophene rings is 1. The second-order valence-electron chi connectivity index (χ2n) is 4.92. The van der Waals surface area contributed by atoms with Crippen LogP contribution in [0, 0.1) is 5.82 Å². The Balaban J connectivity index is 1.90. The highest BCUT2D eigenvalue weighted by molar-refractivity contribution is 7.10. The minimum absolute atomic E-state index is 0.269. The Morgan fingerprint density at radius 1 is 1.13 bits per heavy atom. The van der Waals surface area contributed by atoms with Crippen molar-refractivity contribution in [3.63, 3.8) is 0 Å². The van der Waals surface area contributed by atoms with Crippen LogP contribution in [0.5, 0.6) is 0 Å². The van der Waals surface area contributed by atoms with E-state index in [4.69, 9.17) is 0 Å². The quantitative estimate of drug-likeness (QED) is 0.773. The summed E-state index contributed by atoms with van der Waals surface area (Å²) in [4.78, 5) is 26.9. The van der Waals surface area contributed by atoms with Crippen LogP contribution in [0.15, 0.2) is 64.9 Å². The average molecular weight is 328 g/mol. The van der Waals surface area contributed by atoms with Gasteiger partial charge in [-0.05, 0) is 35.2 Å². The first-order chi connectivity index (χ1) is 11.1. The van der Waals surface area contributed by atoms with Crippen molar-refractivity contribution in [3.05, 3.63) is 92.3 Å². The molecule has 0 radical (unpaired) electrons. The predicted octanol–water partition coefficient (Wildman–Crippen LogP) is 3.09. The highest BCUT2D eigenvalue weighted by atomic mass is 32.1. The van der Waals surface area contributed by atoms with Crippen LogP contribution in [0.2, 0.25) is 0 Å². The van der Waals surface area contributed by atoms with Gasteiger partial charge in [-0.2, -0.15) is 0 Å². The molecule has 2 heterocycles. The number of amides is 1. The number of aromatic nitrogens is 1. The minimum atomic E-state index is -0.380. The predicted molar refractivity (Wildman–Crippen MR) is 87.1 cm³/mol. The van der Waals surface area contributed by atoms with Crippen molar-refractivity contribution in [1.82, 2.24) is 10.3 Å². The van der Waals surface area contributed by atoms with E-state index < -0.39 is 0 Å². The largest absolute Gasteiger partial charge is 0.340 e. The molecule has 0 spiro atoms. The third-order valence-electron chi connectivity index (χ3n) is 3.35. The molecule has 2 N–H and O–H groups in total. The van der Waals surface area contributed by atoms with E-state index in [-0.39, 0.29) is 23.3 Å². The number of rotatable bonds is 4. The van der Waals surface area contributed by atoms with Crippen LogP contribution >= 0.6 is 11.3 Å². The summed E-state index contributed by atoms with van der Waals surface area (Å²) < 4.78 is 13.1. The van der Waals surface area contributed by atoms with Gasteiger partial charge in [-0.25, -0.2) is 4.39 Å². The van der Waals surface area contributed by atoms with E-state index in [1.165, 1.54) is 41.8 Å². The van der Waals surface area contributed by atoms with E-state index in [0.29, 0.717) is 5.56 Å². The summed E-state index contributed by atoms with van der Waals surface area (Å²) in [6, 6.07) is 12.2. The van der Waals surface area contributed by atoms with E-state index in [0.717, 1.165) is 10.4 Å². The molecule has 6 heteroatoms. The van der Waals surface area contributed by atoms with Gasteiger partial charge in [-0.15, -0.1) is 11.3 Å². The summed E-state index contributed by atoms with van der Waals surface area (Å²) in [5, 5.41) is 4.83. The molecule has 2 aromatic heterocycles. The molecule has 0 aliphatic heterocycles. The standard InChI is InChI=1S/C17H13FN2O2S/c18-13-6-3-11(4-7-13)16(14-2-1-9-23-14)20-17(22)12-5-8-15(21)19-10-12/h1-10,16H,(H,19,21)(H,20,22). The molecule has 0 saturated carbocycles. The lowest BCUT2D eigenvalue weighted by atomic mass is 10.0. The number of hydrogen-bond donors (Lipinski definition) is 2. The molecule has 1 unspecified atom stereocenters. The van der Waals surface area contributed by atoms with Crippen LogP contribution in [-0.4, -0.2) is 10.9 Å². The van der Waals surface area contributed by atoms with E-state index in [9.17, 15) is 14.0 Å². The Bertz CT molecular complexity index is 837. The Morgan fingerprint density at radius 2 is 1.91 bits per heavy atom. The summed E-state index contributed by atoms with van der Waals surface area (Å²) >= 11 is 1.50. The Morgan fingerprint density at radius 3 is 2.52 bits per heavy atom. The number of aromatic amines is 1. The minimum Gasteiger partial charge on any atom is -0.340 e. The zero-order chi connectivity index (χ0) is 16.2. The number of H-pyrrole nitrogens is 1. The number of benzene rings is 1. The van der Waals surface area contributed by atoms with Gasteiger partial charge in [-0.3, -0.25) is 9.59 Å². The second kappa shape index (κ2) is 6.58. The number of hydrogen-bond acceptors (Lipinski definition) is 3. The monoisotopic (exact) mass is 328 g/mol. The highest BCUT2D eigenvalue weighted by Crippen LogP contribution is 2.26. The maximum absolute atomic E-state index is 13.1. The fourth-order valence-electron chi connectivity index (χ4n) is 2.20. The SMILES string of the molecule is O=C(NC(c1ccc(F)cc1)c1cccs1)c1ccc(=O)[nH]c1. The Hall–Kier alpha value is -2.73. The molecule has 1 atom stereocenters. The molecule has 1 aromatic carbocycles. The number of pyridine rings is 1. The van der Waals surface area contributed by atoms with Gasteiger partial charge in [0.2, 0.25) is 5.56 Å². The molecule has 116 valence electrons. The number of nitrogens with one attached hydrogen (secondary N) is 2. The lowest BCUT2D eigenvalue weighted by Crippen LogP contribution is -2.29. The first kappa shape index (κ1) is 15.2. The van der Waals surface area contributed by atoms with Gasteiger partial charge in [-0.1, -0.05) is 18.2 Å². The van der Waals surface area contributed by atoms with Gasteiger partial charge < -0.3 is 10.3 Å². The molecule has 3 aromatic rings. The number of carbonyl (C=O) groups is 1. The first-order valence-electron chi connectivity index (χ1n) is 6.92. The van der Waals surface area contributed by atoms with Crippen molar-refractivity contribution in [2.45, 2.75) is 6.04 Å². The number of halogens is 1. The molecule has 0 fully saturated rings. The van der Waals surface area contributed by atoms with Crippen molar-refractivity contribution < 1.29 is 9.18 Å². The van der Waals surface area contributed by atoms with Crippen LogP contribution in [-0.2, 0) is 0 Å². The summed E-state index contributed by atoms with van der Waals surface area (Å²) in [5.41, 5.74) is 0.870. The lowest BCUT2D eigenvalue weighted by Gasteiger charge is -2.18. The van der Waals surface area contributed by atoms with Crippen LogP contribution < -0.4 is 10.9 Å². The Kier molecular flexibility index (Phi) is 4.34. The maximum atomic E-state index is 13.1.